The molecule has 0 atom stereocenters. The summed E-state index contributed by atoms with van der Waals surface area (Å²) in [6, 6.07) is 25.5. The van der Waals surface area contributed by atoms with E-state index in [1.165, 1.54) is 16.7 Å². The van der Waals surface area contributed by atoms with Crippen molar-refractivity contribution in [1.29, 1.82) is 0 Å². The number of pyridine rings is 1. The molecule has 0 N–H and O–H groups in total. The summed E-state index contributed by atoms with van der Waals surface area (Å²) >= 11 is 0. The number of aryl methyl sites for hydroxylation is 1. The normalized spacial score (nSPS) is 12.0. The number of hydrogen-bond donors (Lipinski definition) is 0. The van der Waals surface area contributed by atoms with E-state index in [4.69, 9.17) is 9.40 Å². The fraction of sp³-hybridized carbons (Fsp3) is 0.207. The van der Waals surface area contributed by atoms with Gasteiger partial charge in [0.05, 0.1) is 5.69 Å². The van der Waals surface area contributed by atoms with Gasteiger partial charge in [-0.05, 0) is 65.3 Å². The number of fused-ring (bicyclic) bond motifs is 3. The molecule has 154 valence electrons. The summed E-state index contributed by atoms with van der Waals surface area (Å²) < 4.78 is 6.43. The molecule has 0 unspecified atom stereocenters. The standard InChI is InChI=1S/C29H27NO/c1-19-18-30-26(15-22(19)17-29(2,3)4)25-12-8-11-24-23-14-13-21(16-27(23)31-28(24)25)20-9-6-5-7-10-20/h5-16,18H,17H2,1-4H3. The molecule has 3 aromatic carbocycles. The van der Waals surface area contributed by atoms with E-state index < -0.39 is 0 Å². The lowest BCUT2D eigenvalue weighted by atomic mass is 9.86. The minimum Gasteiger partial charge on any atom is -0.455 e. The predicted octanol–water partition coefficient (Wildman–Crippen LogP) is 8.21. The van der Waals surface area contributed by atoms with Crippen molar-refractivity contribution in [2.75, 3.05) is 0 Å². The summed E-state index contributed by atoms with van der Waals surface area (Å²) in [5.74, 6) is 0. The highest BCUT2D eigenvalue weighted by Gasteiger charge is 2.17. The van der Waals surface area contributed by atoms with E-state index in [0.29, 0.717) is 0 Å². The van der Waals surface area contributed by atoms with Crippen LogP contribution in [0.25, 0.3) is 44.3 Å². The molecule has 0 fully saturated rings. The van der Waals surface area contributed by atoms with E-state index in [1.54, 1.807) is 0 Å². The van der Waals surface area contributed by atoms with E-state index in [2.05, 4.69) is 94.4 Å². The highest BCUT2D eigenvalue weighted by atomic mass is 16.3. The zero-order valence-corrected chi connectivity index (χ0v) is 18.6. The molecule has 31 heavy (non-hydrogen) atoms. The Balaban J connectivity index is 1.66. The summed E-state index contributed by atoms with van der Waals surface area (Å²) in [4.78, 5) is 4.76. The minimum absolute atomic E-state index is 0.225. The number of benzene rings is 3. The molecule has 0 aliphatic carbocycles. The topological polar surface area (TPSA) is 26.0 Å². The molecule has 5 rings (SSSR count). The van der Waals surface area contributed by atoms with Gasteiger partial charge in [-0.25, -0.2) is 0 Å². The third-order valence-electron chi connectivity index (χ3n) is 5.82. The number of para-hydroxylation sites is 1. The van der Waals surface area contributed by atoms with Crippen LogP contribution in [0.1, 0.15) is 31.9 Å². The predicted molar refractivity (Wildman–Crippen MR) is 130 cm³/mol. The van der Waals surface area contributed by atoms with Crippen molar-refractivity contribution in [3.8, 4) is 22.4 Å². The molecular weight excluding hydrogens is 378 g/mol. The number of furan rings is 1. The summed E-state index contributed by atoms with van der Waals surface area (Å²) in [5, 5.41) is 2.27. The minimum atomic E-state index is 0.225. The van der Waals surface area contributed by atoms with Crippen molar-refractivity contribution in [2.45, 2.75) is 34.1 Å². The van der Waals surface area contributed by atoms with E-state index in [0.717, 1.165) is 45.2 Å². The van der Waals surface area contributed by atoms with Gasteiger partial charge in [0.1, 0.15) is 11.2 Å². The highest BCUT2D eigenvalue weighted by Crippen LogP contribution is 2.37. The van der Waals surface area contributed by atoms with Crippen LogP contribution in [0.3, 0.4) is 0 Å². The Hall–Kier alpha value is -3.39. The Morgan fingerprint density at radius 3 is 2.39 bits per heavy atom. The van der Waals surface area contributed by atoms with Gasteiger partial charge in [0.2, 0.25) is 0 Å². The molecule has 0 saturated carbocycles. The van der Waals surface area contributed by atoms with Crippen molar-refractivity contribution in [1.82, 2.24) is 4.98 Å². The van der Waals surface area contributed by atoms with Crippen LogP contribution in [0.15, 0.2) is 83.4 Å². The zero-order chi connectivity index (χ0) is 21.6. The molecule has 0 spiro atoms. The van der Waals surface area contributed by atoms with Crippen LogP contribution in [-0.4, -0.2) is 4.98 Å². The third kappa shape index (κ3) is 3.74. The molecule has 0 aliphatic heterocycles. The molecule has 0 amide bonds. The van der Waals surface area contributed by atoms with Gasteiger partial charge >= 0.3 is 0 Å². The van der Waals surface area contributed by atoms with Crippen LogP contribution in [0.2, 0.25) is 0 Å². The molecule has 0 radical (unpaired) electrons. The Bertz CT molecular complexity index is 1390. The smallest absolute Gasteiger partial charge is 0.144 e. The second kappa shape index (κ2) is 7.39. The lowest BCUT2D eigenvalue weighted by molar-refractivity contribution is 0.410. The number of nitrogens with zero attached hydrogens (tertiary/aromatic N) is 1. The zero-order valence-electron chi connectivity index (χ0n) is 18.6. The first-order valence-electron chi connectivity index (χ1n) is 10.9. The molecule has 2 aromatic heterocycles. The monoisotopic (exact) mass is 405 g/mol. The summed E-state index contributed by atoms with van der Waals surface area (Å²) in [6.45, 7) is 8.97. The SMILES string of the molecule is Cc1cnc(-c2cccc3c2oc2cc(-c4ccccc4)ccc23)cc1CC(C)(C)C. The second-order valence-electron chi connectivity index (χ2n) is 9.59. The van der Waals surface area contributed by atoms with Gasteiger partial charge in [-0.1, -0.05) is 69.3 Å². The van der Waals surface area contributed by atoms with Gasteiger partial charge in [-0.3, -0.25) is 4.98 Å². The van der Waals surface area contributed by atoms with Crippen LogP contribution in [0.5, 0.6) is 0 Å². The first kappa shape index (κ1) is 19.6. The van der Waals surface area contributed by atoms with E-state index in [9.17, 15) is 0 Å². The van der Waals surface area contributed by atoms with Crippen molar-refractivity contribution in [3.05, 3.63) is 90.1 Å². The van der Waals surface area contributed by atoms with Crippen molar-refractivity contribution in [3.63, 3.8) is 0 Å². The molecular formula is C29H27NO. The Labute approximate surface area is 183 Å². The van der Waals surface area contributed by atoms with Crippen molar-refractivity contribution < 1.29 is 4.42 Å². The maximum Gasteiger partial charge on any atom is 0.144 e. The number of aromatic nitrogens is 1. The van der Waals surface area contributed by atoms with E-state index in [-0.39, 0.29) is 5.41 Å². The molecule has 2 heteroatoms. The van der Waals surface area contributed by atoms with E-state index in [1.807, 2.05) is 12.3 Å². The van der Waals surface area contributed by atoms with Gasteiger partial charge in [0.15, 0.2) is 0 Å². The van der Waals surface area contributed by atoms with Crippen LogP contribution >= 0.6 is 0 Å². The fourth-order valence-electron chi connectivity index (χ4n) is 4.28. The molecule has 0 saturated heterocycles. The average Bonchev–Trinajstić information content (AvgIpc) is 3.13. The molecule has 0 aliphatic rings. The van der Waals surface area contributed by atoms with Gasteiger partial charge in [0.25, 0.3) is 0 Å². The molecule has 0 bridgehead atoms. The Kier molecular flexibility index (Phi) is 4.66. The van der Waals surface area contributed by atoms with Gasteiger partial charge < -0.3 is 4.42 Å². The Morgan fingerprint density at radius 2 is 1.61 bits per heavy atom. The Morgan fingerprint density at radius 1 is 0.806 bits per heavy atom. The molecule has 2 nitrogen and oxygen atoms in total. The van der Waals surface area contributed by atoms with Crippen LogP contribution in [-0.2, 0) is 6.42 Å². The van der Waals surface area contributed by atoms with Crippen molar-refractivity contribution >= 4 is 21.9 Å². The largest absolute Gasteiger partial charge is 0.455 e. The summed E-state index contributed by atoms with van der Waals surface area (Å²) in [7, 11) is 0. The lowest BCUT2D eigenvalue weighted by Crippen LogP contribution is -2.10. The van der Waals surface area contributed by atoms with Gasteiger partial charge in [-0.15, -0.1) is 0 Å². The third-order valence-corrected chi connectivity index (χ3v) is 5.82. The highest BCUT2D eigenvalue weighted by molar-refractivity contribution is 6.10. The lowest BCUT2D eigenvalue weighted by Gasteiger charge is -2.20. The van der Waals surface area contributed by atoms with Crippen molar-refractivity contribution in [2.24, 2.45) is 5.41 Å². The maximum atomic E-state index is 6.43. The van der Waals surface area contributed by atoms with Crippen LogP contribution < -0.4 is 0 Å². The van der Waals surface area contributed by atoms with Gasteiger partial charge in [-0.2, -0.15) is 0 Å². The number of rotatable bonds is 3. The summed E-state index contributed by atoms with van der Waals surface area (Å²) in [6.07, 6.45) is 3.01. The van der Waals surface area contributed by atoms with E-state index >= 15 is 0 Å². The molecule has 5 aromatic rings. The molecule has 2 heterocycles. The maximum absolute atomic E-state index is 6.43. The van der Waals surface area contributed by atoms with Crippen LogP contribution in [0, 0.1) is 12.3 Å². The fourth-order valence-corrected chi connectivity index (χ4v) is 4.28. The average molecular weight is 406 g/mol. The second-order valence-corrected chi connectivity index (χ2v) is 9.59. The first-order chi connectivity index (χ1) is 14.9. The van der Waals surface area contributed by atoms with Gasteiger partial charge in [0, 0.05) is 22.5 Å². The number of hydrogen-bond acceptors (Lipinski definition) is 2. The summed E-state index contributed by atoms with van der Waals surface area (Å²) in [5.41, 5.74) is 8.99. The quantitative estimate of drug-likeness (QED) is 0.302. The van der Waals surface area contributed by atoms with Crippen LogP contribution in [0.4, 0.5) is 0 Å². The first-order valence-corrected chi connectivity index (χ1v) is 10.9.